The number of amides is 2. The van der Waals surface area contributed by atoms with E-state index in [0.29, 0.717) is 17.1 Å². The summed E-state index contributed by atoms with van der Waals surface area (Å²) in [5, 5.41) is 6.75. The number of ether oxygens (including phenoxy) is 2. The molecule has 2 aromatic carbocycles. The lowest BCUT2D eigenvalue weighted by Crippen LogP contribution is -2.48. The Balaban J connectivity index is 1.62. The second-order valence-corrected chi connectivity index (χ2v) is 6.91. The van der Waals surface area contributed by atoms with E-state index in [4.69, 9.17) is 9.47 Å². The summed E-state index contributed by atoms with van der Waals surface area (Å²) >= 11 is 0. The Labute approximate surface area is 163 Å². The minimum atomic E-state index is -0.729. The van der Waals surface area contributed by atoms with E-state index in [1.165, 1.54) is 0 Å². The highest BCUT2D eigenvalue weighted by atomic mass is 16.7. The van der Waals surface area contributed by atoms with Crippen LogP contribution in [0.15, 0.2) is 47.6 Å². The van der Waals surface area contributed by atoms with Crippen molar-refractivity contribution in [2.75, 3.05) is 6.79 Å². The zero-order valence-corrected chi connectivity index (χ0v) is 16.1. The summed E-state index contributed by atoms with van der Waals surface area (Å²) in [7, 11) is 0. The normalized spacial score (nSPS) is 13.6. The number of benzene rings is 2. The fourth-order valence-corrected chi connectivity index (χ4v) is 2.69. The van der Waals surface area contributed by atoms with E-state index in [1.54, 1.807) is 24.4 Å². The molecule has 1 unspecified atom stereocenters. The minimum absolute atomic E-state index is 0.118. The number of fused-ring (bicyclic) bond motifs is 1. The van der Waals surface area contributed by atoms with Gasteiger partial charge < -0.3 is 14.8 Å². The third-order valence-electron chi connectivity index (χ3n) is 4.34. The van der Waals surface area contributed by atoms with Crippen LogP contribution in [0.2, 0.25) is 0 Å². The number of aryl methyl sites for hydroxylation is 1. The Morgan fingerprint density at radius 2 is 1.79 bits per heavy atom. The summed E-state index contributed by atoms with van der Waals surface area (Å²) in [4.78, 5) is 25.1. The van der Waals surface area contributed by atoms with Crippen LogP contribution >= 0.6 is 0 Å². The molecule has 1 heterocycles. The van der Waals surface area contributed by atoms with Crippen molar-refractivity contribution in [3.05, 3.63) is 59.2 Å². The zero-order chi connectivity index (χ0) is 20.1. The quantitative estimate of drug-likeness (QED) is 0.595. The molecule has 7 heteroatoms. The van der Waals surface area contributed by atoms with Crippen LogP contribution in [0.5, 0.6) is 11.5 Å². The molecule has 2 aromatic rings. The summed E-state index contributed by atoms with van der Waals surface area (Å²) < 4.78 is 10.5. The topological polar surface area (TPSA) is 89.0 Å². The van der Waals surface area contributed by atoms with Crippen molar-refractivity contribution in [1.82, 2.24) is 10.7 Å². The maximum atomic E-state index is 12.6. The van der Waals surface area contributed by atoms with Crippen LogP contribution in [0.1, 0.15) is 35.3 Å². The molecule has 0 saturated carbocycles. The molecular formula is C21H23N3O4. The number of hydrogen-bond donors (Lipinski definition) is 2. The molecule has 0 saturated heterocycles. The SMILES string of the molecule is Cc1ccc(/C=N/NC(=O)C(NC(=O)c2ccc3c(c2)OCO3)C(C)C)cc1. The van der Waals surface area contributed by atoms with Gasteiger partial charge in [-0.3, -0.25) is 9.59 Å². The van der Waals surface area contributed by atoms with Gasteiger partial charge in [0, 0.05) is 5.56 Å². The third-order valence-corrected chi connectivity index (χ3v) is 4.34. The molecule has 2 N–H and O–H groups in total. The van der Waals surface area contributed by atoms with Gasteiger partial charge in [0.15, 0.2) is 11.5 Å². The lowest BCUT2D eigenvalue weighted by Gasteiger charge is -2.20. The van der Waals surface area contributed by atoms with Gasteiger partial charge in [0.1, 0.15) is 6.04 Å². The van der Waals surface area contributed by atoms with Crippen LogP contribution < -0.4 is 20.2 Å². The van der Waals surface area contributed by atoms with Crippen molar-refractivity contribution in [3.8, 4) is 11.5 Å². The van der Waals surface area contributed by atoms with Gasteiger partial charge in [-0.2, -0.15) is 5.10 Å². The van der Waals surface area contributed by atoms with Crippen molar-refractivity contribution < 1.29 is 19.1 Å². The van der Waals surface area contributed by atoms with E-state index in [2.05, 4.69) is 15.8 Å². The molecule has 0 radical (unpaired) electrons. The molecule has 1 aliphatic heterocycles. The molecule has 0 aliphatic carbocycles. The highest BCUT2D eigenvalue weighted by Gasteiger charge is 2.25. The van der Waals surface area contributed by atoms with E-state index in [-0.39, 0.29) is 24.5 Å². The molecule has 1 atom stereocenters. The summed E-state index contributed by atoms with van der Waals surface area (Å²) in [6, 6.07) is 11.9. The van der Waals surface area contributed by atoms with Crippen molar-refractivity contribution in [3.63, 3.8) is 0 Å². The van der Waals surface area contributed by atoms with Crippen LogP contribution in [0.4, 0.5) is 0 Å². The summed E-state index contributed by atoms with van der Waals surface area (Å²) in [6.45, 7) is 5.84. The number of hydrogen-bond acceptors (Lipinski definition) is 5. The van der Waals surface area contributed by atoms with E-state index >= 15 is 0 Å². The number of hydrazone groups is 1. The first kappa shape index (κ1) is 19.4. The largest absolute Gasteiger partial charge is 0.454 e. The van der Waals surface area contributed by atoms with Gasteiger partial charge in [-0.1, -0.05) is 43.7 Å². The number of carbonyl (C=O) groups excluding carboxylic acids is 2. The maximum Gasteiger partial charge on any atom is 0.262 e. The van der Waals surface area contributed by atoms with Crippen LogP contribution in [0, 0.1) is 12.8 Å². The molecule has 0 aromatic heterocycles. The van der Waals surface area contributed by atoms with E-state index in [1.807, 2.05) is 45.0 Å². The first-order valence-electron chi connectivity index (χ1n) is 9.04. The van der Waals surface area contributed by atoms with Gasteiger partial charge in [-0.15, -0.1) is 0 Å². The molecule has 28 heavy (non-hydrogen) atoms. The molecule has 1 aliphatic rings. The highest BCUT2D eigenvalue weighted by Crippen LogP contribution is 2.32. The highest BCUT2D eigenvalue weighted by molar-refractivity contribution is 5.98. The Bertz CT molecular complexity index is 891. The van der Waals surface area contributed by atoms with Gasteiger partial charge in [-0.05, 0) is 36.6 Å². The van der Waals surface area contributed by atoms with Crippen LogP contribution in [0.25, 0.3) is 0 Å². The van der Waals surface area contributed by atoms with Gasteiger partial charge in [0.2, 0.25) is 6.79 Å². The van der Waals surface area contributed by atoms with Crippen molar-refractivity contribution in [1.29, 1.82) is 0 Å². The lowest BCUT2D eigenvalue weighted by molar-refractivity contribution is -0.123. The molecule has 0 spiro atoms. The van der Waals surface area contributed by atoms with Crippen molar-refractivity contribution in [2.24, 2.45) is 11.0 Å². The van der Waals surface area contributed by atoms with Gasteiger partial charge in [0.05, 0.1) is 6.21 Å². The summed E-state index contributed by atoms with van der Waals surface area (Å²) in [5.41, 5.74) is 4.91. The van der Waals surface area contributed by atoms with Crippen LogP contribution in [-0.2, 0) is 4.79 Å². The maximum absolute atomic E-state index is 12.6. The van der Waals surface area contributed by atoms with Gasteiger partial charge in [0.25, 0.3) is 11.8 Å². The Hall–Kier alpha value is -3.35. The zero-order valence-electron chi connectivity index (χ0n) is 16.1. The minimum Gasteiger partial charge on any atom is -0.454 e. The predicted molar refractivity (Wildman–Crippen MR) is 106 cm³/mol. The standard InChI is InChI=1S/C21H23N3O4/c1-13(2)19(21(26)24-22-11-15-6-4-14(3)5-7-15)23-20(25)16-8-9-17-18(10-16)28-12-27-17/h4-11,13,19H,12H2,1-3H3,(H,23,25)(H,24,26)/b22-11+. The lowest BCUT2D eigenvalue weighted by atomic mass is 10.0. The molecule has 146 valence electrons. The molecule has 2 amide bonds. The molecule has 3 rings (SSSR count). The second kappa shape index (κ2) is 8.56. The Kier molecular flexibility index (Phi) is 5.93. The number of nitrogens with one attached hydrogen (secondary N) is 2. The fourth-order valence-electron chi connectivity index (χ4n) is 2.69. The average molecular weight is 381 g/mol. The molecule has 0 fully saturated rings. The predicted octanol–water partition coefficient (Wildman–Crippen LogP) is 2.63. The Morgan fingerprint density at radius 3 is 2.50 bits per heavy atom. The van der Waals surface area contributed by atoms with Gasteiger partial charge >= 0.3 is 0 Å². The van der Waals surface area contributed by atoms with E-state index in [9.17, 15) is 9.59 Å². The van der Waals surface area contributed by atoms with Crippen molar-refractivity contribution in [2.45, 2.75) is 26.8 Å². The summed E-state index contributed by atoms with van der Waals surface area (Å²) in [5.74, 6) is 0.246. The van der Waals surface area contributed by atoms with E-state index in [0.717, 1.165) is 11.1 Å². The summed E-state index contributed by atoms with van der Waals surface area (Å²) in [6.07, 6.45) is 1.56. The smallest absolute Gasteiger partial charge is 0.262 e. The van der Waals surface area contributed by atoms with Gasteiger partial charge in [-0.25, -0.2) is 5.43 Å². The van der Waals surface area contributed by atoms with E-state index < -0.39 is 6.04 Å². The number of rotatable bonds is 6. The Morgan fingerprint density at radius 1 is 1.07 bits per heavy atom. The fraction of sp³-hybridized carbons (Fsp3) is 0.286. The third kappa shape index (κ3) is 4.68. The second-order valence-electron chi connectivity index (χ2n) is 6.91. The molecule has 7 nitrogen and oxygen atoms in total. The number of nitrogens with zero attached hydrogens (tertiary/aromatic N) is 1. The first-order chi connectivity index (χ1) is 13.4. The average Bonchev–Trinajstić information content (AvgIpc) is 3.14. The molecule has 0 bridgehead atoms. The molecular weight excluding hydrogens is 358 g/mol. The number of carbonyl (C=O) groups is 2. The monoisotopic (exact) mass is 381 g/mol. The van der Waals surface area contributed by atoms with Crippen LogP contribution in [-0.4, -0.2) is 30.9 Å². The first-order valence-corrected chi connectivity index (χ1v) is 9.04. The van der Waals surface area contributed by atoms with Crippen molar-refractivity contribution >= 4 is 18.0 Å². The van der Waals surface area contributed by atoms with Crippen LogP contribution in [0.3, 0.4) is 0 Å².